The van der Waals surface area contributed by atoms with Crippen LogP contribution in [0.5, 0.6) is 0 Å². The third kappa shape index (κ3) is 17.2. The van der Waals surface area contributed by atoms with Gasteiger partial charge in [-0.05, 0) is 0 Å². The minimum absolute atomic E-state index is 0. The Kier molecular flexibility index (Phi) is 19.2. The number of carboxylic acids is 3. The van der Waals surface area contributed by atoms with Crippen LogP contribution in [0, 0.1) is 39.9 Å². The first-order chi connectivity index (χ1) is 17.3. The minimum Gasteiger partial charge on any atom is -0.549 e. The molecule has 0 saturated carbocycles. The third-order valence-electron chi connectivity index (χ3n) is 5.89. The topological polar surface area (TPSA) is 200 Å². The Morgan fingerprint density at radius 3 is 1.45 bits per heavy atom. The predicted molar refractivity (Wildman–Crippen MR) is 125 cm³/mol. The molecule has 17 heteroatoms. The van der Waals surface area contributed by atoms with E-state index in [0.717, 1.165) is 10.6 Å². The third-order valence-corrected chi connectivity index (χ3v) is 7.15. The molecule has 0 aromatic heterocycles. The van der Waals surface area contributed by atoms with E-state index >= 15 is 0 Å². The van der Waals surface area contributed by atoms with Gasteiger partial charge in [-0.25, -0.2) is 8.42 Å². The number of aliphatic carboxylic acids is 3. The molecule has 38 heavy (non-hydrogen) atoms. The molecule has 1 aliphatic rings. The van der Waals surface area contributed by atoms with Crippen molar-refractivity contribution >= 4 is 27.9 Å². The molecule has 1 fully saturated rings. The molecule has 0 aromatic carbocycles. The summed E-state index contributed by atoms with van der Waals surface area (Å²) in [6.45, 7) is 0.763. The number of hydrogen-bond donors (Lipinski definition) is 1. The van der Waals surface area contributed by atoms with Gasteiger partial charge in [0.25, 0.3) is 0 Å². The summed E-state index contributed by atoms with van der Waals surface area (Å²) in [5.41, 5.74) is 0. The van der Waals surface area contributed by atoms with Crippen LogP contribution < -0.4 is 15.3 Å². The molecular formula is C21H38GdN5O10S. The van der Waals surface area contributed by atoms with Crippen LogP contribution in [0.3, 0.4) is 0 Å². The maximum atomic E-state index is 12.1. The van der Waals surface area contributed by atoms with Crippen molar-refractivity contribution in [3.05, 3.63) is 0 Å². The SMILES string of the molecule is COCCN(CC(O)CN1CCN(CC(=O)[O-])CCN(CC(=O)[O-])CCN(CC(=O)[O-])CC1)S(C)(=O)=O.[Gd+3]. The van der Waals surface area contributed by atoms with E-state index in [1.165, 1.54) is 7.11 Å². The zero-order chi connectivity index (χ0) is 28.0. The second-order valence-electron chi connectivity index (χ2n) is 9.01. The number of β-amino-alcohol motifs (C(OH)–C–C–N with tert-alkyl or cyclic N) is 1. The number of carboxylic acid groups (broad SMARTS) is 3. The Balaban J connectivity index is 0.0000137. The summed E-state index contributed by atoms with van der Waals surface area (Å²) in [6, 6.07) is 0. The number of methoxy groups -OCH3 is 1. The van der Waals surface area contributed by atoms with Crippen LogP contribution in [0.1, 0.15) is 0 Å². The molecule has 1 N–H and O–H groups in total. The Hall–Kier alpha value is -0.595. The van der Waals surface area contributed by atoms with Gasteiger partial charge in [-0.15, -0.1) is 0 Å². The number of sulfonamides is 1. The Labute approximate surface area is 256 Å². The number of rotatable bonds is 14. The fourth-order valence-electron chi connectivity index (χ4n) is 3.96. The zero-order valence-electron chi connectivity index (χ0n) is 21.8. The first-order valence-corrected chi connectivity index (χ1v) is 13.8. The van der Waals surface area contributed by atoms with Gasteiger partial charge < -0.3 is 39.5 Å². The van der Waals surface area contributed by atoms with E-state index in [4.69, 9.17) is 4.74 Å². The summed E-state index contributed by atoms with van der Waals surface area (Å²) < 4.78 is 30.2. The summed E-state index contributed by atoms with van der Waals surface area (Å²) in [7, 11) is -2.17. The van der Waals surface area contributed by atoms with Gasteiger partial charge in [0, 0.05) is 98.7 Å². The molecule has 0 spiro atoms. The summed E-state index contributed by atoms with van der Waals surface area (Å²) in [5.74, 6) is -3.90. The molecule has 0 bridgehead atoms. The summed E-state index contributed by atoms with van der Waals surface area (Å²) in [6.07, 6.45) is -0.0486. The van der Waals surface area contributed by atoms with Gasteiger partial charge in [-0.2, -0.15) is 4.31 Å². The minimum atomic E-state index is -3.60. The second kappa shape index (κ2) is 19.5. The molecule has 0 aliphatic carbocycles. The van der Waals surface area contributed by atoms with Crippen LogP contribution in [-0.4, -0.2) is 173 Å². The van der Waals surface area contributed by atoms with Gasteiger partial charge in [0.15, 0.2) is 0 Å². The molecule has 1 saturated heterocycles. The molecular weight excluding hydrogens is 672 g/mol. The van der Waals surface area contributed by atoms with Crippen molar-refractivity contribution in [2.75, 3.05) is 112 Å². The van der Waals surface area contributed by atoms with E-state index in [0.29, 0.717) is 0 Å². The van der Waals surface area contributed by atoms with Gasteiger partial charge in [0.1, 0.15) is 0 Å². The van der Waals surface area contributed by atoms with Crippen molar-refractivity contribution < 1.29 is 87.9 Å². The number of carbonyl (C=O) groups is 3. The van der Waals surface area contributed by atoms with Gasteiger partial charge in [-0.3, -0.25) is 19.6 Å². The van der Waals surface area contributed by atoms with Crippen molar-refractivity contribution in [1.82, 2.24) is 23.9 Å². The molecule has 0 amide bonds. The smallest absolute Gasteiger partial charge is 0.549 e. The van der Waals surface area contributed by atoms with Crippen LogP contribution >= 0.6 is 0 Å². The number of aliphatic hydroxyl groups excluding tert-OH is 1. The van der Waals surface area contributed by atoms with Crippen LogP contribution in [0.2, 0.25) is 0 Å². The van der Waals surface area contributed by atoms with Gasteiger partial charge in [0.05, 0.1) is 36.9 Å². The predicted octanol–water partition coefficient (Wildman–Crippen LogP) is -7.27. The number of aliphatic hydroxyl groups is 1. The average molecular weight is 710 g/mol. The molecule has 1 aliphatic heterocycles. The first kappa shape index (κ1) is 37.4. The van der Waals surface area contributed by atoms with E-state index in [2.05, 4.69) is 0 Å². The van der Waals surface area contributed by atoms with E-state index in [-0.39, 0.29) is 132 Å². The largest absolute Gasteiger partial charge is 3.00 e. The maximum Gasteiger partial charge on any atom is 3.00 e. The van der Waals surface area contributed by atoms with Crippen LogP contribution in [0.15, 0.2) is 0 Å². The molecule has 1 unspecified atom stereocenters. The summed E-state index contributed by atoms with van der Waals surface area (Å²) in [5, 5.41) is 44.3. The first-order valence-electron chi connectivity index (χ1n) is 11.9. The van der Waals surface area contributed by atoms with Crippen LogP contribution in [0.4, 0.5) is 0 Å². The van der Waals surface area contributed by atoms with Gasteiger partial charge >= 0.3 is 39.9 Å². The van der Waals surface area contributed by atoms with Crippen molar-refractivity contribution in [1.29, 1.82) is 0 Å². The van der Waals surface area contributed by atoms with E-state index in [9.17, 15) is 43.2 Å². The zero-order valence-corrected chi connectivity index (χ0v) is 24.9. The van der Waals surface area contributed by atoms with Crippen molar-refractivity contribution in [2.45, 2.75) is 6.10 Å². The molecule has 1 radical (unpaired) electrons. The maximum absolute atomic E-state index is 12.1. The normalized spacial score (nSPS) is 18.7. The molecule has 0 aromatic rings. The van der Waals surface area contributed by atoms with Crippen molar-refractivity contribution in [3.8, 4) is 0 Å². The molecule has 1 heterocycles. The van der Waals surface area contributed by atoms with Crippen molar-refractivity contribution in [3.63, 3.8) is 0 Å². The van der Waals surface area contributed by atoms with Gasteiger partial charge in [0.2, 0.25) is 10.0 Å². The monoisotopic (exact) mass is 710 g/mol. The van der Waals surface area contributed by atoms with Crippen molar-refractivity contribution in [2.24, 2.45) is 0 Å². The van der Waals surface area contributed by atoms with E-state index in [1.54, 1.807) is 19.6 Å². The number of hydrogen-bond acceptors (Lipinski definition) is 14. The van der Waals surface area contributed by atoms with Crippen LogP contribution in [-0.2, 0) is 29.1 Å². The molecule has 221 valence electrons. The van der Waals surface area contributed by atoms with E-state index in [1.807, 2.05) is 0 Å². The summed E-state index contributed by atoms with van der Waals surface area (Å²) in [4.78, 5) is 40.1. The number of nitrogens with zero attached hydrogens (tertiary/aromatic N) is 5. The number of carbonyl (C=O) groups excluding carboxylic acids is 3. The fourth-order valence-corrected chi connectivity index (χ4v) is 4.81. The Morgan fingerprint density at radius 2 is 1.16 bits per heavy atom. The fraction of sp³-hybridized carbons (Fsp3) is 0.857. The second-order valence-corrected chi connectivity index (χ2v) is 11.0. The Bertz CT molecular complexity index is 805. The van der Waals surface area contributed by atoms with Crippen LogP contribution in [0.25, 0.3) is 0 Å². The number of ether oxygens (including phenoxy) is 1. The molecule has 1 rings (SSSR count). The summed E-state index contributed by atoms with van der Waals surface area (Å²) >= 11 is 0. The standard InChI is InChI=1S/C21H41N5O10S.Gd/c1-36-12-11-26(37(2,34)35)14-18(27)13-22-3-5-23(15-19(28)29)7-9-25(17-21(32)33)10-8-24(6-4-22)16-20(30)31;/h18,27H,3-17H2,1-2H3,(H,28,29)(H,30,31)(H,32,33);/q;+3/p-3. The average Bonchev–Trinajstić information content (AvgIpc) is 2.76. The van der Waals surface area contributed by atoms with Gasteiger partial charge in [-0.1, -0.05) is 0 Å². The molecule has 1 atom stereocenters. The Morgan fingerprint density at radius 1 is 0.816 bits per heavy atom. The quantitative estimate of drug-likeness (QED) is 0.178. The van der Waals surface area contributed by atoms with E-state index < -0.39 is 40.6 Å². The molecule has 15 nitrogen and oxygen atoms in total.